The van der Waals surface area contributed by atoms with Gasteiger partial charge in [-0.05, 0) is 24.0 Å². The lowest BCUT2D eigenvalue weighted by molar-refractivity contribution is 0.332. The Labute approximate surface area is 119 Å². The van der Waals surface area contributed by atoms with E-state index >= 15 is 0 Å². The summed E-state index contributed by atoms with van der Waals surface area (Å²) in [6.45, 7) is 0.919. The molecule has 0 aliphatic rings. The molecule has 1 nitrogen and oxygen atoms in total. The average molecular weight is 270 g/mol. The van der Waals surface area contributed by atoms with Gasteiger partial charge in [0.05, 0.1) is 0 Å². The van der Waals surface area contributed by atoms with E-state index < -0.39 is 0 Å². The molecule has 2 aromatic rings. The summed E-state index contributed by atoms with van der Waals surface area (Å²) in [7, 11) is 0.854. The van der Waals surface area contributed by atoms with Gasteiger partial charge < -0.3 is 4.43 Å². The highest BCUT2D eigenvalue weighted by atomic mass is 28.2. The predicted octanol–water partition coefficient (Wildman–Crippen LogP) is 3.29. The van der Waals surface area contributed by atoms with Gasteiger partial charge in [0, 0.05) is 12.5 Å². The van der Waals surface area contributed by atoms with Crippen LogP contribution in [0.2, 0.25) is 0 Å². The van der Waals surface area contributed by atoms with Crippen molar-refractivity contribution in [1.82, 2.24) is 0 Å². The van der Waals surface area contributed by atoms with Gasteiger partial charge in [-0.1, -0.05) is 67.1 Å². The van der Waals surface area contributed by atoms with Crippen molar-refractivity contribution in [2.24, 2.45) is 0 Å². The second-order valence-electron chi connectivity index (χ2n) is 4.86. The van der Waals surface area contributed by atoms with Crippen molar-refractivity contribution in [3.8, 4) is 0 Å². The van der Waals surface area contributed by atoms with E-state index in [2.05, 4.69) is 60.7 Å². The number of unbranched alkanes of at least 4 members (excludes halogenated alkanes) is 1. The van der Waals surface area contributed by atoms with Crippen molar-refractivity contribution in [3.63, 3.8) is 0 Å². The summed E-state index contributed by atoms with van der Waals surface area (Å²) in [4.78, 5) is 0. The van der Waals surface area contributed by atoms with Gasteiger partial charge in [0.15, 0.2) is 0 Å². The highest BCUT2D eigenvalue weighted by Gasteiger charge is 2.12. The molecule has 0 aliphatic heterocycles. The van der Waals surface area contributed by atoms with Gasteiger partial charge in [0.1, 0.15) is 10.5 Å². The summed E-state index contributed by atoms with van der Waals surface area (Å²) in [5, 5.41) is 0. The van der Waals surface area contributed by atoms with Gasteiger partial charge in [-0.15, -0.1) is 0 Å². The van der Waals surface area contributed by atoms with E-state index in [4.69, 9.17) is 4.43 Å². The average Bonchev–Trinajstić information content (AvgIpc) is 2.49. The molecule has 2 heteroatoms. The Morgan fingerprint density at radius 3 is 1.79 bits per heavy atom. The summed E-state index contributed by atoms with van der Waals surface area (Å²) in [5.41, 5.74) is 2.83. The number of hydrogen-bond donors (Lipinski definition) is 0. The lowest BCUT2D eigenvalue weighted by atomic mass is 9.87. The Morgan fingerprint density at radius 2 is 1.32 bits per heavy atom. The minimum Gasteiger partial charge on any atom is -0.428 e. The van der Waals surface area contributed by atoms with Crippen LogP contribution in [-0.4, -0.2) is 17.1 Å². The minimum atomic E-state index is 0.511. The van der Waals surface area contributed by atoms with Crippen LogP contribution < -0.4 is 0 Å². The van der Waals surface area contributed by atoms with Crippen LogP contribution in [0.15, 0.2) is 60.7 Å². The Kier molecular flexibility index (Phi) is 5.85. The highest BCUT2D eigenvalue weighted by molar-refractivity contribution is 5.97. The molecular weight excluding hydrogens is 248 g/mol. The van der Waals surface area contributed by atoms with Crippen LogP contribution in [0.1, 0.15) is 36.3 Å². The maximum atomic E-state index is 5.27. The maximum absolute atomic E-state index is 5.27. The molecule has 0 aliphatic carbocycles. The zero-order valence-corrected chi connectivity index (χ0v) is 13.6. The normalized spacial score (nSPS) is 11.0. The molecule has 0 amide bonds. The lowest BCUT2D eigenvalue weighted by Gasteiger charge is -2.18. The monoisotopic (exact) mass is 270 g/mol. The Bertz CT molecular complexity index is 416. The SMILES string of the molecule is [SiH3]OCCCCC(c1ccccc1)c1ccccc1. The first-order valence-corrected chi connectivity index (χ1v) is 7.82. The zero-order valence-electron chi connectivity index (χ0n) is 11.6. The van der Waals surface area contributed by atoms with E-state index in [1.807, 2.05) is 0 Å². The molecule has 0 unspecified atom stereocenters. The van der Waals surface area contributed by atoms with Crippen molar-refractivity contribution < 1.29 is 4.43 Å². The van der Waals surface area contributed by atoms with Gasteiger partial charge in [0.25, 0.3) is 0 Å². The maximum Gasteiger partial charge on any atom is 0.145 e. The summed E-state index contributed by atoms with van der Waals surface area (Å²) in [6, 6.07) is 21.6. The first-order chi connectivity index (χ1) is 9.42. The first kappa shape index (κ1) is 14.0. The number of hydrogen-bond acceptors (Lipinski definition) is 1. The second-order valence-corrected chi connectivity index (χ2v) is 5.44. The summed E-state index contributed by atoms with van der Waals surface area (Å²) < 4.78 is 5.27. The molecule has 0 N–H and O–H groups in total. The third kappa shape index (κ3) is 4.34. The number of rotatable bonds is 7. The van der Waals surface area contributed by atoms with Crippen molar-refractivity contribution in [2.45, 2.75) is 25.2 Å². The summed E-state index contributed by atoms with van der Waals surface area (Å²) >= 11 is 0. The van der Waals surface area contributed by atoms with Crippen LogP contribution in [0.3, 0.4) is 0 Å². The largest absolute Gasteiger partial charge is 0.428 e. The molecular formula is C17H22OSi. The predicted molar refractivity (Wildman–Crippen MR) is 84.5 cm³/mol. The van der Waals surface area contributed by atoms with E-state index in [9.17, 15) is 0 Å². The van der Waals surface area contributed by atoms with Crippen LogP contribution >= 0.6 is 0 Å². The molecule has 19 heavy (non-hydrogen) atoms. The summed E-state index contributed by atoms with van der Waals surface area (Å²) in [5.74, 6) is 0.511. The molecule has 0 spiro atoms. The van der Waals surface area contributed by atoms with E-state index in [1.165, 1.54) is 30.4 Å². The van der Waals surface area contributed by atoms with Crippen molar-refractivity contribution in [1.29, 1.82) is 0 Å². The van der Waals surface area contributed by atoms with Crippen LogP contribution in [0.4, 0.5) is 0 Å². The zero-order chi connectivity index (χ0) is 13.3. The van der Waals surface area contributed by atoms with Gasteiger partial charge in [-0.3, -0.25) is 0 Å². The van der Waals surface area contributed by atoms with Crippen molar-refractivity contribution in [2.75, 3.05) is 6.61 Å². The van der Waals surface area contributed by atoms with Gasteiger partial charge in [-0.25, -0.2) is 0 Å². The minimum absolute atomic E-state index is 0.511. The number of benzene rings is 2. The van der Waals surface area contributed by atoms with E-state index in [-0.39, 0.29) is 0 Å². The Hall–Kier alpha value is -1.38. The molecule has 0 atom stereocenters. The van der Waals surface area contributed by atoms with E-state index in [0.29, 0.717) is 5.92 Å². The molecule has 0 aromatic heterocycles. The molecule has 0 radical (unpaired) electrons. The van der Waals surface area contributed by atoms with Crippen LogP contribution in [0, 0.1) is 0 Å². The molecule has 2 rings (SSSR count). The second kappa shape index (κ2) is 7.92. The van der Waals surface area contributed by atoms with Crippen molar-refractivity contribution in [3.05, 3.63) is 71.8 Å². The van der Waals surface area contributed by atoms with Crippen LogP contribution in [0.25, 0.3) is 0 Å². The quantitative estimate of drug-likeness (QED) is 0.554. The fourth-order valence-electron chi connectivity index (χ4n) is 2.49. The van der Waals surface area contributed by atoms with Gasteiger partial charge in [0.2, 0.25) is 0 Å². The fraction of sp³-hybridized carbons (Fsp3) is 0.294. The third-order valence-electron chi connectivity index (χ3n) is 3.50. The molecule has 0 fully saturated rings. The molecule has 0 saturated carbocycles. The van der Waals surface area contributed by atoms with E-state index in [0.717, 1.165) is 17.1 Å². The third-order valence-corrected chi connectivity index (χ3v) is 3.90. The van der Waals surface area contributed by atoms with Crippen LogP contribution in [-0.2, 0) is 4.43 Å². The standard InChI is InChI=1S/C17H22OSi/c19-18-14-8-7-13-17(15-9-3-1-4-10-15)16-11-5-2-6-12-16/h1-6,9-12,17H,7-8,13-14H2,19H3. The molecule has 0 saturated heterocycles. The first-order valence-electron chi connectivity index (χ1n) is 7.00. The Morgan fingerprint density at radius 1 is 0.789 bits per heavy atom. The topological polar surface area (TPSA) is 9.23 Å². The van der Waals surface area contributed by atoms with E-state index in [1.54, 1.807) is 0 Å². The molecule has 0 heterocycles. The fourth-order valence-corrected chi connectivity index (χ4v) is 2.78. The lowest BCUT2D eigenvalue weighted by Crippen LogP contribution is -2.02. The summed E-state index contributed by atoms with van der Waals surface area (Å²) in [6.07, 6.45) is 3.58. The smallest absolute Gasteiger partial charge is 0.145 e. The Balaban J connectivity index is 2.10. The molecule has 0 bridgehead atoms. The van der Waals surface area contributed by atoms with Gasteiger partial charge in [-0.2, -0.15) is 0 Å². The molecule has 100 valence electrons. The highest BCUT2D eigenvalue weighted by Crippen LogP contribution is 2.29. The van der Waals surface area contributed by atoms with Crippen LogP contribution in [0.5, 0.6) is 0 Å². The van der Waals surface area contributed by atoms with Gasteiger partial charge >= 0.3 is 0 Å². The molecule has 2 aromatic carbocycles. The van der Waals surface area contributed by atoms with Crippen molar-refractivity contribution >= 4 is 10.5 Å².